The summed E-state index contributed by atoms with van der Waals surface area (Å²) in [5.74, 6) is 1.10. The van der Waals surface area contributed by atoms with Gasteiger partial charge in [0.2, 0.25) is 0 Å². The zero-order chi connectivity index (χ0) is 13.5. The first-order valence-corrected chi connectivity index (χ1v) is 7.54. The normalized spacial score (nSPS) is 12.3. The minimum atomic E-state index is 0.159. The number of nitrogens with zero attached hydrogens (tertiary/aromatic N) is 2. The molecule has 1 unspecified atom stereocenters. The second-order valence-corrected chi connectivity index (χ2v) is 5.50. The Hall–Kier alpha value is -1.39. The lowest BCUT2D eigenvalue weighted by Crippen LogP contribution is -2.22. The van der Waals surface area contributed by atoms with Crippen LogP contribution in [-0.4, -0.2) is 22.3 Å². The van der Waals surface area contributed by atoms with Crippen LogP contribution in [0.1, 0.15) is 31.0 Å². The molecular formula is C15H19N3S. The largest absolute Gasteiger partial charge is 0.306 e. The molecule has 100 valence electrons. The smallest absolute Gasteiger partial charge is 0.115 e. The summed E-state index contributed by atoms with van der Waals surface area (Å²) in [7, 11) is 0. The van der Waals surface area contributed by atoms with Gasteiger partial charge in [0.1, 0.15) is 6.33 Å². The maximum Gasteiger partial charge on any atom is 0.115 e. The third kappa shape index (κ3) is 3.78. The molecule has 0 saturated carbocycles. The van der Waals surface area contributed by atoms with Crippen LogP contribution in [0.15, 0.2) is 47.9 Å². The Labute approximate surface area is 118 Å². The maximum absolute atomic E-state index is 4.11. The van der Waals surface area contributed by atoms with Gasteiger partial charge in [0.25, 0.3) is 0 Å². The molecule has 0 aliphatic rings. The number of hydrogen-bond acceptors (Lipinski definition) is 4. The van der Waals surface area contributed by atoms with Crippen molar-refractivity contribution in [3.63, 3.8) is 0 Å². The van der Waals surface area contributed by atoms with E-state index in [4.69, 9.17) is 0 Å². The summed E-state index contributed by atoms with van der Waals surface area (Å²) >= 11 is 1.86. The second-order valence-electron chi connectivity index (χ2n) is 4.16. The van der Waals surface area contributed by atoms with Gasteiger partial charge in [-0.2, -0.15) is 0 Å². The van der Waals surface area contributed by atoms with Crippen LogP contribution < -0.4 is 5.32 Å². The molecule has 1 heterocycles. The van der Waals surface area contributed by atoms with Crippen LogP contribution in [0.3, 0.4) is 0 Å². The lowest BCUT2D eigenvalue weighted by Gasteiger charge is -2.18. The predicted molar refractivity (Wildman–Crippen MR) is 80.4 cm³/mol. The number of benzene rings is 1. The van der Waals surface area contributed by atoms with Crippen LogP contribution in [0.2, 0.25) is 0 Å². The van der Waals surface area contributed by atoms with E-state index in [9.17, 15) is 0 Å². The molecule has 0 aliphatic heterocycles. The molecule has 2 aromatic rings. The van der Waals surface area contributed by atoms with Crippen LogP contribution in [0.5, 0.6) is 0 Å². The third-order valence-electron chi connectivity index (χ3n) is 2.85. The number of hydrogen-bond donors (Lipinski definition) is 1. The highest BCUT2D eigenvalue weighted by molar-refractivity contribution is 7.99. The van der Waals surface area contributed by atoms with E-state index in [1.54, 1.807) is 6.33 Å². The topological polar surface area (TPSA) is 37.8 Å². The van der Waals surface area contributed by atoms with Crippen molar-refractivity contribution in [2.45, 2.75) is 24.8 Å². The van der Waals surface area contributed by atoms with Crippen molar-refractivity contribution in [1.29, 1.82) is 0 Å². The van der Waals surface area contributed by atoms with Gasteiger partial charge in [-0.3, -0.25) is 0 Å². The first-order valence-electron chi connectivity index (χ1n) is 6.56. The van der Waals surface area contributed by atoms with Gasteiger partial charge in [0.05, 0.1) is 6.04 Å². The number of aromatic nitrogens is 2. The highest BCUT2D eigenvalue weighted by atomic mass is 32.2. The summed E-state index contributed by atoms with van der Waals surface area (Å²) in [6.45, 7) is 5.18. The highest BCUT2D eigenvalue weighted by Crippen LogP contribution is 2.24. The molecule has 0 bridgehead atoms. The molecule has 0 fully saturated rings. The van der Waals surface area contributed by atoms with Crippen molar-refractivity contribution in [3.05, 3.63) is 54.1 Å². The zero-order valence-corrected chi connectivity index (χ0v) is 12.2. The lowest BCUT2D eigenvalue weighted by atomic mass is 10.0. The lowest BCUT2D eigenvalue weighted by molar-refractivity contribution is 0.625. The quantitative estimate of drug-likeness (QED) is 0.820. The summed E-state index contributed by atoms with van der Waals surface area (Å²) in [5, 5.41) is 3.48. The van der Waals surface area contributed by atoms with Gasteiger partial charge >= 0.3 is 0 Å². The van der Waals surface area contributed by atoms with Crippen molar-refractivity contribution < 1.29 is 0 Å². The summed E-state index contributed by atoms with van der Waals surface area (Å²) in [4.78, 5) is 9.52. The van der Waals surface area contributed by atoms with Gasteiger partial charge in [-0.1, -0.05) is 26.0 Å². The monoisotopic (exact) mass is 273 g/mol. The van der Waals surface area contributed by atoms with Crippen molar-refractivity contribution in [3.8, 4) is 0 Å². The second kappa shape index (κ2) is 7.26. The maximum atomic E-state index is 4.11. The summed E-state index contributed by atoms with van der Waals surface area (Å²) in [5.41, 5.74) is 2.34. The molecule has 0 amide bonds. The SMILES string of the molecule is CCNC(c1ccc(SCC)cc1)c1cncnc1. The fourth-order valence-corrected chi connectivity index (χ4v) is 2.68. The Morgan fingerprint density at radius 2 is 1.74 bits per heavy atom. The molecular weight excluding hydrogens is 254 g/mol. The van der Waals surface area contributed by atoms with Crippen molar-refractivity contribution in [1.82, 2.24) is 15.3 Å². The molecule has 1 N–H and O–H groups in total. The molecule has 1 aromatic carbocycles. The Balaban J connectivity index is 2.24. The van der Waals surface area contributed by atoms with Crippen molar-refractivity contribution >= 4 is 11.8 Å². The molecule has 3 nitrogen and oxygen atoms in total. The molecule has 0 radical (unpaired) electrons. The van der Waals surface area contributed by atoms with E-state index < -0.39 is 0 Å². The Morgan fingerprint density at radius 1 is 1.05 bits per heavy atom. The van der Waals surface area contributed by atoms with Crippen LogP contribution in [0, 0.1) is 0 Å². The first kappa shape index (κ1) is 14.0. The van der Waals surface area contributed by atoms with E-state index in [1.165, 1.54) is 10.5 Å². The Bertz CT molecular complexity index is 485. The fourth-order valence-electron chi connectivity index (χ4n) is 2.02. The van der Waals surface area contributed by atoms with Crippen LogP contribution >= 0.6 is 11.8 Å². The van der Waals surface area contributed by atoms with Gasteiger partial charge in [-0.25, -0.2) is 9.97 Å². The Kier molecular flexibility index (Phi) is 5.36. The summed E-state index contributed by atoms with van der Waals surface area (Å²) in [6, 6.07) is 8.87. The highest BCUT2D eigenvalue weighted by Gasteiger charge is 2.13. The fraction of sp³-hybridized carbons (Fsp3) is 0.333. The van der Waals surface area contributed by atoms with E-state index >= 15 is 0 Å². The zero-order valence-electron chi connectivity index (χ0n) is 11.3. The van der Waals surface area contributed by atoms with E-state index in [2.05, 4.69) is 53.4 Å². The van der Waals surface area contributed by atoms with E-state index in [-0.39, 0.29) is 6.04 Å². The molecule has 0 saturated heterocycles. The number of rotatable bonds is 6. The third-order valence-corrected chi connectivity index (χ3v) is 3.74. The van der Waals surface area contributed by atoms with E-state index in [0.717, 1.165) is 17.9 Å². The van der Waals surface area contributed by atoms with Gasteiger partial charge in [0.15, 0.2) is 0 Å². The molecule has 0 spiro atoms. The number of nitrogens with one attached hydrogen (secondary N) is 1. The predicted octanol–water partition coefficient (Wildman–Crippen LogP) is 3.29. The van der Waals surface area contributed by atoms with Gasteiger partial charge < -0.3 is 5.32 Å². The van der Waals surface area contributed by atoms with Gasteiger partial charge in [0, 0.05) is 22.9 Å². The van der Waals surface area contributed by atoms with Crippen LogP contribution in [0.25, 0.3) is 0 Å². The van der Waals surface area contributed by atoms with E-state index in [0.29, 0.717) is 0 Å². The van der Waals surface area contributed by atoms with E-state index in [1.807, 2.05) is 24.2 Å². The minimum Gasteiger partial charge on any atom is -0.306 e. The molecule has 1 aromatic heterocycles. The summed E-state index contributed by atoms with van der Waals surface area (Å²) < 4.78 is 0. The summed E-state index contributed by atoms with van der Waals surface area (Å²) in [6.07, 6.45) is 5.30. The first-order chi connectivity index (χ1) is 9.35. The Morgan fingerprint density at radius 3 is 2.32 bits per heavy atom. The minimum absolute atomic E-state index is 0.159. The molecule has 19 heavy (non-hydrogen) atoms. The van der Waals surface area contributed by atoms with Gasteiger partial charge in [-0.05, 0) is 30.0 Å². The van der Waals surface area contributed by atoms with Gasteiger partial charge in [-0.15, -0.1) is 11.8 Å². The number of thioether (sulfide) groups is 1. The average molecular weight is 273 g/mol. The molecule has 4 heteroatoms. The average Bonchev–Trinajstić information content (AvgIpc) is 2.47. The van der Waals surface area contributed by atoms with Crippen molar-refractivity contribution in [2.24, 2.45) is 0 Å². The molecule has 0 aliphatic carbocycles. The van der Waals surface area contributed by atoms with Crippen LogP contribution in [-0.2, 0) is 0 Å². The van der Waals surface area contributed by atoms with Crippen molar-refractivity contribution in [2.75, 3.05) is 12.3 Å². The molecule has 2 rings (SSSR count). The molecule has 1 atom stereocenters. The standard InChI is InChI=1S/C15H19N3S/c1-3-18-15(13-9-16-11-17-10-13)12-5-7-14(8-6-12)19-4-2/h5-11,15,18H,3-4H2,1-2H3. The van der Waals surface area contributed by atoms with Crippen LogP contribution in [0.4, 0.5) is 0 Å².